The summed E-state index contributed by atoms with van der Waals surface area (Å²) in [6, 6.07) is 0. The van der Waals surface area contributed by atoms with E-state index in [1.807, 2.05) is 4.90 Å². The molecule has 0 aromatic carbocycles. The first-order valence-corrected chi connectivity index (χ1v) is 6.97. The molecule has 96 valence electrons. The Kier molecular flexibility index (Phi) is 3.43. The van der Waals surface area contributed by atoms with Gasteiger partial charge < -0.3 is 10.6 Å². The topological polar surface area (TPSA) is 46.3 Å². The van der Waals surface area contributed by atoms with Crippen molar-refractivity contribution >= 4 is 23.1 Å². The van der Waals surface area contributed by atoms with Gasteiger partial charge >= 0.3 is 0 Å². The lowest BCUT2D eigenvalue weighted by atomic mass is 9.67. The summed E-state index contributed by atoms with van der Waals surface area (Å²) in [4.78, 5) is 14.9. The number of hydrogen-bond donors (Lipinski definition) is 1. The molecule has 1 heterocycles. The minimum Gasteiger partial charge on any atom is -0.392 e. The average molecular weight is 254 g/mol. The number of rotatable bonds is 3. The van der Waals surface area contributed by atoms with Crippen LogP contribution in [-0.2, 0) is 4.79 Å². The Balaban J connectivity index is 2.04. The van der Waals surface area contributed by atoms with Crippen LogP contribution in [0.4, 0.5) is 0 Å². The monoisotopic (exact) mass is 254 g/mol. The molecule has 2 fully saturated rings. The van der Waals surface area contributed by atoms with E-state index in [0.29, 0.717) is 16.8 Å². The molecule has 1 saturated carbocycles. The highest BCUT2D eigenvalue weighted by Gasteiger charge is 2.49. The standard InChI is InChI=1S/C13H22N2OS/c1-9(2)10-4-7-15(8-10)12(16)13(11(14)17)5-3-6-13/h9-10H,3-8H2,1-2H3,(H2,14,17). The average Bonchev–Trinajstić information content (AvgIpc) is 2.63. The molecule has 0 aromatic heterocycles. The second-order valence-electron chi connectivity index (χ2n) is 5.84. The molecule has 1 amide bonds. The van der Waals surface area contributed by atoms with Gasteiger partial charge in [0.25, 0.3) is 0 Å². The van der Waals surface area contributed by atoms with Gasteiger partial charge in [-0.25, -0.2) is 0 Å². The molecule has 1 atom stereocenters. The predicted octanol–water partition coefficient (Wildman–Crippen LogP) is 1.95. The number of hydrogen-bond acceptors (Lipinski definition) is 2. The maximum atomic E-state index is 12.5. The lowest BCUT2D eigenvalue weighted by Gasteiger charge is -2.41. The molecular weight excluding hydrogens is 232 g/mol. The van der Waals surface area contributed by atoms with E-state index in [4.69, 9.17) is 18.0 Å². The van der Waals surface area contributed by atoms with Crippen molar-refractivity contribution in [3.05, 3.63) is 0 Å². The first-order chi connectivity index (χ1) is 7.97. The summed E-state index contributed by atoms with van der Waals surface area (Å²) in [5, 5.41) is 0. The van der Waals surface area contributed by atoms with E-state index < -0.39 is 5.41 Å². The quantitative estimate of drug-likeness (QED) is 0.783. The van der Waals surface area contributed by atoms with Crippen molar-refractivity contribution in [2.24, 2.45) is 23.0 Å². The smallest absolute Gasteiger partial charge is 0.235 e. The van der Waals surface area contributed by atoms with E-state index in [1.165, 1.54) is 0 Å². The molecule has 0 bridgehead atoms. The summed E-state index contributed by atoms with van der Waals surface area (Å²) in [6.45, 7) is 6.23. The van der Waals surface area contributed by atoms with E-state index >= 15 is 0 Å². The van der Waals surface area contributed by atoms with Gasteiger partial charge in [0.1, 0.15) is 0 Å². The Labute approximate surface area is 109 Å². The van der Waals surface area contributed by atoms with Crippen LogP contribution in [0.1, 0.15) is 39.5 Å². The van der Waals surface area contributed by atoms with Crippen molar-refractivity contribution in [2.75, 3.05) is 13.1 Å². The van der Waals surface area contributed by atoms with Crippen molar-refractivity contribution < 1.29 is 4.79 Å². The normalized spacial score (nSPS) is 27.0. The van der Waals surface area contributed by atoms with Crippen LogP contribution in [0.5, 0.6) is 0 Å². The predicted molar refractivity (Wildman–Crippen MR) is 72.6 cm³/mol. The molecule has 2 aliphatic rings. The molecule has 1 saturated heterocycles. The largest absolute Gasteiger partial charge is 0.392 e. The zero-order valence-corrected chi connectivity index (χ0v) is 11.6. The van der Waals surface area contributed by atoms with Gasteiger partial charge in [0.2, 0.25) is 5.91 Å². The van der Waals surface area contributed by atoms with Gasteiger partial charge in [0, 0.05) is 13.1 Å². The zero-order chi connectivity index (χ0) is 12.6. The fraction of sp³-hybridized carbons (Fsp3) is 0.846. The molecule has 1 unspecified atom stereocenters. The van der Waals surface area contributed by atoms with Gasteiger partial charge in [-0.2, -0.15) is 0 Å². The van der Waals surface area contributed by atoms with E-state index in [9.17, 15) is 4.79 Å². The van der Waals surface area contributed by atoms with Crippen LogP contribution >= 0.6 is 12.2 Å². The van der Waals surface area contributed by atoms with Crippen LogP contribution in [0.15, 0.2) is 0 Å². The number of nitrogens with two attached hydrogens (primary N) is 1. The molecule has 1 aliphatic heterocycles. The summed E-state index contributed by atoms with van der Waals surface area (Å²) in [5.41, 5.74) is 5.29. The van der Waals surface area contributed by atoms with Crippen LogP contribution in [0, 0.1) is 17.3 Å². The van der Waals surface area contributed by atoms with Gasteiger partial charge in [0.15, 0.2) is 0 Å². The molecule has 0 radical (unpaired) electrons. The van der Waals surface area contributed by atoms with Crippen LogP contribution in [0.3, 0.4) is 0 Å². The van der Waals surface area contributed by atoms with Crippen LogP contribution in [0.25, 0.3) is 0 Å². The molecule has 17 heavy (non-hydrogen) atoms. The van der Waals surface area contributed by atoms with E-state index in [-0.39, 0.29) is 5.91 Å². The molecule has 0 aromatic rings. The lowest BCUT2D eigenvalue weighted by molar-refractivity contribution is -0.141. The van der Waals surface area contributed by atoms with Gasteiger partial charge in [-0.15, -0.1) is 0 Å². The zero-order valence-electron chi connectivity index (χ0n) is 10.7. The van der Waals surface area contributed by atoms with Crippen LogP contribution in [0.2, 0.25) is 0 Å². The third kappa shape index (κ3) is 2.07. The highest BCUT2D eigenvalue weighted by molar-refractivity contribution is 7.80. The Morgan fingerprint density at radius 2 is 2.12 bits per heavy atom. The number of carbonyl (C=O) groups is 1. The summed E-state index contributed by atoms with van der Waals surface area (Å²) >= 11 is 5.10. The van der Waals surface area contributed by atoms with Crippen molar-refractivity contribution in [3.63, 3.8) is 0 Å². The number of carbonyl (C=O) groups excluding carboxylic acids is 1. The lowest BCUT2D eigenvalue weighted by Crippen LogP contribution is -2.54. The van der Waals surface area contributed by atoms with E-state index in [2.05, 4.69) is 13.8 Å². The molecule has 3 nitrogen and oxygen atoms in total. The van der Waals surface area contributed by atoms with E-state index in [1.54, 1.807) is 0 Å². The van der Waals surface area contributed by atoms with Crippen molar-refractivity contribution in [1.29, 1.82) is 0 Å². The molecule has 0 spiro atoms. The van der Waals surface area contributed by atoms with Gasteiger partial charge in [-0.3, -0.25) is 4.79 Å². The third-order valence-corrected chi connectivity index (χ3v) is 4.93. The Bertz CT molecular complexity index is 336. The first-order valence-electron chi connectivity index (χ1n) is 6.56. The Morgan fingerprint density at radius 1 is 1.47 bits per heavy atom. The van der Waals surface area contributed by atoms with Crippen molar-refractivity contribution in [2.45, 2.75) is 39.5 Å². The highest BCUT2D eigenvalue weighted by Crippen LogP contribution is 2.44. The van der Waals surface area contributed by atoms with Crippen molar-refractivity contribution in [3.8, 4) is 0 Å². The van der Waals surface area contributed by atoms with E-state index in [0.717, 1.165) is 38.8 Å². The molecule has 2 rings (SSSR count). The Hall–Kier alpha value is -0.640. The second-order valence-corrected chi connectivity index (χ2v) is 6.28. The second kappa shape index (κ2) is 4.56. The molecular formula is C13H22N2OS. The van der Waals surface area contributed by atoms with Gasteiger partial charge in [-0.1, -0.05) is 32.5 Å². The highest BCUT2D eigenvalue weighted by atomic mass is 32.1. The summed E-state index contributed by atoms with van der Waals surface area (Å²) in [5.74, 6) is 1.48. The van der Waals surface area contributed by atoms with Crippen molar-refractivity contribution in [1.82, 2.24) is 4.90 Å². The summed E-state index contributed by atoms with van der Waals surface area (Å²) < 4.78 is 0. The first kappa shape index (κ1) is 12.8. The number of amides is 1. The van der Waals surface area contributed by atoms with Gasteiger partial charge in [-0.05, 0) is 31.1 Å². The minimum atomic E-state index is -0.485. The minimum absolute atomic E-state index is 0.194. The fourth-order valence-electron chi connectivity index (χ4n) is 2.91. The Morgan fingerprint density at radius 3 is 2.47 bits per heavy atom. The summed E-state index contributed by atoms with van der Waals surface area (Å²) in [7, 11) is 0. The molecule has 1 aliphatic carbocycles. The number of thiocarbonyl (C=S) groups is 1. The SMILES string of the molecule is CC(C)C1CCN(C(=O)C2(C(N)=S)CCC2)C1. The maximum Gasteiger partial charge on any atom is 0.235 e. The third-order valence-electron chi connectivity index (χ3n) is 4.54. The number of nitrogens with zero attached hydrogens (tertiary/aromatic N) is 1. The maximum absolute atomic E-state index is 12.5. The molecule has 4 heteroatoms. The summed E-state index contributed by atoms with van der Waals surface area (Å²) in [6.07, 6.45) is 3.90. The van der Waals surface area contributed by atoms with Crippen LogP contribution in [-0.4, -0.2) is 28.9 Å². The van der Waals surface area contributed by atoms with Gasteiger partial charge in [0.05, 0.1) is 10.4 Å². The molecule has 2 N–H and O–H groups in total. The number of likely N-dealkylation sites (tertiary alicyclic amines) is 1. The fourth-order valence-corrected chi connectivity index (χ4v) is 3.21. The van der Waals surface area contributed by atoms with Crippen LogP contribution < -0.4 is 5.73 Å².